The monoisotopic (exact) mass is 261 g/mol. The molecule has 0 spiro atoms. The van der Waals surface area contributed by atoms with Crippen LogP contribution in [0.2, 0.25) is 0 Å². The van der Waals surface area contributed by atoms with Gasteiger partial charge in [0, 0.05) is 6.20 Å². The molecule has 0 saturated carbocycles. The molecule has 0 aromatic carbocycles. The van der Waals surface area contributed by atoms with E-state index in [0.717, 1.165) is 16.3 Å². The van der Waals surface area contributed by atoms with Crippen molar-refractivity contribution in [2.24, 2.45) is 0 Å². The van der Waals surface area contributed by atoms with Crippen LogP contribution >= 0.6 is 11.8 Å². The highest BCUT2D eigenvalue weighted by molar-refractivity contribution is 8.00. The van der Waals surface area contributed by atoms with Gasteiger partial charge in [-0.05, 0) is 6.07 Å². The molecular formula is C9H12FN3O3S. The zero-order valence-corrected chi connectivity index (χ0v) is 9.55. The Morgan fingerprint density at radius 2 is 2.35 bits per heavy atom. The van der Waals surface area contributed by atoms with Gasteiger partial charge in [-0.15, -0.1) is 11.8 Å². The minimum atomic E-state index is -1.62. The third-order valence-electron chi connectivity index (χ3n) is 2.60. The van der Waals surface area contributed by atoms with Crippen molar-refractivity contribution in [2.75, 3.05) is 12.3 Å². The molecule has 1 aliphatic rings. The second-order valence-corrected chi connectivity index (χ2v) is 5.09. The fraction of sp³-hybridized carbons (Fsp3) is 0.556. The van der Waals surface area contributed by atoms with Crippen LogP contribution in [-0.4, -0.2) is 43.9 Å². The zero-order chi connectivity index (χ0) is 12.6. The zero-order valence-electron chi connectivity index (χ0n) is 8.73. The van der Waals surface area contributed by atoms with E-state index in [0.29, 0.717) is 0 Å². The van der Waals surface area contributed by atoms with Crippen molar-refractivity contribution in [3.63, 3.8) is 0 Å². The fourth-order valence-electron chi connectivity index (χ4n) is 1.70. The largest absolute Gasteiger partial charge is 0.395 e. The molecule has 1 aliphatic heterocycles. The molecule has 17 heavy (non-hydrogen) atoms. The maximum absolute atomic E-state index is 13.8. The van der Waals surface area contributed by atoms with E-state index in [1.165, 1.54) is 12.3 Å². The summed E-state index contributed by atoms with van der Waals surface area (Å²) in [5, 5.41) is 17.0. The van der Waals surface area contributed by atoms with Gasteiger partial charge in [0.2, 0.25) is 0 Å². The molecule has 2 rings (SSSR count). The molecule has 0 aliphatic carbocycles. The second kappa shape index (κ2) is 4.63. The standard InChI is InChI=1S/C9H12FN3O3S/c10-6-7(15)4(3-14)17-8(6)13-2-1-5(11)12-9(13)16/h1-2,4,6-8,14-15H,3H2,(H2,11,12,16)/t4-,6+,7-,8+/m0/s1. The van der Waals surface area contributed by atoms with E-state index in [9.17, 15) is 14.3 Å². The molecule has 1 aromatic heterocycles. The van der Waals surface area contributed by atoms with Crippen molar-refractivity contribution in [2.45, 2.75) is 22.9 Å². The maximum atomic E-state index is 13.8. The van der Waals surface area contributed by atoms with Crippen molar-refractivity contribution in [1.82, 2.24) is 9.55 Å². The molecule has 1 fully saturated rings. The van der Waals surface area contributed by atoms with E-state index in [2.05, 4.69) is 4.98 Å². The van der Waals surface area contributed by atoms with Crippen molar-refractivity contribution < 1.29 is 14.6 Å². The molecule has 0 radical (unpaired) electrons. The van der Waals surface area contributed by atoms with Crippen LogP contribution in [0.3, 0.4) is 0 Å². The number of anilines is 1. The first kappa shape index (κ1) is 12.3. The second-order valence-electron chi connectivity index (χ2n) is 3.72. The van der Waals surface area contributed by atoms with Gasteiger partial charge in [-0.25, -0.2) is 9.18 Å². The minimum Gasteiger partial charge on any atom is -0.395 e. The van der Waals surface area contributed by atoms with Crippen molar-refractivity contribution >= 4 is 17.6 Å². The Kier molecular flexibility index (Phi) is 3.36. The summed E-state index contributed by atoms with van der Waals surface area (Å²) in [5.41, 5.74) is 4.66. The number of alkyl halides is 1. The molecule has 94 valence electrons. The molecule has 4 N–H and O–H groups in total. The SMILES string of the molecule is Nc1ccn([C@@H]2S[C@@H](CO)[C@H](O)[C@H]2F)c(=O)n1. The van der Waals surface area contributed by atoms with Crippen LogP contribution in [0.4, 0.5) is 10.2 Å². The van der Waals surface area contributed by atoms with Gasteiger partial charge in [0.05, 0.1) is 11.9 Å². The number of hydrogen-bond donors (Lipinski definition) is 3. The molecule has 1 saturated heterocycles. The highest BCUT2D eigenvalue weighted by atomic mass is 32.2. The maximum Gasteiger partial charge on any atom is 0.350 e. The smallest absolute Gasteiger partial charge is 0.350 e. The van der Waals surface area contributed by atoms with Crippen molar-refractivity contribution in [3.8, 4) is 0 Å². The van der Waals surface area contributed by atoms with Gasteiger partial charge in [-0.3, -0.25) is 4.57 Å². The Morgan fingerprint density at radius 3 is 2.88 bits per heavy atom. The van der Waals surface area contributed by atoms with Crippen LogP contribution < -0.4 is 11.4 Å². The van der Waals surface area contributed by atoms with E-state index >= 15 is 0 Å². The quantitative estimate of drug-likeness (QED) is 0.640. The van der Waals surface area contributed by atoms with E-state index in [-0.39, 0.29) is 12.4 Å². The third kappa shape index (κ3) is 2.15. The highest BCUT2D eigenvalue weighted by Gasteiger charge is 2.44. The molecule has 8 heteroatoms. The Morgan fingerprint density at radius 1 is 1.65 bits per heavy atom. The normalized spacial score (nSPS) is 32.9. The average Bonchev–Trinajstić information content (AvgIpc) is 2.57. The summed E-state index contributed by atoms with van der Waals surface area (Å²) >= 11 is 1.01. The van der Waals surface area contributed by atoms with Crippen LogP contribution in [-0.2, 0) is 0 Å². The van der Waals surface area contributed by atoms with E-state index in [4.69, 9.17) is 10.8 Å². The van der Waals surface area contributed by atoms with E-state index in [1.807, 2.05) is 0 Å². The summed E-state index contributed by atoms with van der Waals surface area (Å²) in [6.45, 7) is -0.347. The number of hydrogen-bond acceptors (Lipinski definition) is 6. The van der Waals surface area contributed by atoms with Crippen molar-refractivity contribution in [3.05, 3.63) is 22.7 Å². The Balaban J connectivity index is 2.32. The van der Waals surface area contributed by atoms with Gasteiger partial charge in [0.1, 0.15) is 17.3 Å². The van der Waals surface area contributed by atoms with Gasteiger partial charge in [0.25, 0.3) is 0 Å². The fourth-order valence-corrected chi connectivity index (χ4v) is 3.06. The van der Waals surface area contributed by atoms with Crippen LogP contribution in [0.25, 0.3) is 0 Å². The number of aromatic nitrogens is 2. The number of nitrogens with two attached hydrogens (primary N) is 1. The summed E-state index contributed by atoms with van der Waals surface area (Å²) in [7, 11) is 0. The number of halogens is 1. The Hall–Kier alpha value is -1.12. The highest BCUT2D eigenvalue weighted by Crippen LogP contribution is 2.42. The molecule has 4 atom stereocenters. The van der Waals surface area contributed by atoms with Gasteiger partial charge in [-0.2, -0.15) is 4.98 Å². The first-order valence-electron chi connectivity index (χ1n) is 4.97. The molecule has 2 heterocycles. The lowest BCUT2D eigenvalue weighted by Crippen LogP contribution is -2.33. The average molecular weight is 261 g/mol. The predicted molar refractivity (Wildman–Crippen MR) is 61.3 cm³/mol. The summed E-state index contributed by atoms with van der Waals surface area (Å²) in [4.78, 5) is 15.0. The van der Waals surface area contributed by atoms with Crippen LogP contribution in [0.1, 0.15) is 5.37 Å². The first-order chi connectivity index (χ1) is 8.04. The van der Waals surface area contributed by atoms with E-state index in [1.54, 1.807) is 0 Å². The van der Waals surface area contributed by atoms with Gasteiger partial charge >= 0.3 is 5.69 Å². The van der Waals surface area contributed by atoms with E-state index < -0.39 is 28.6 Å². The van der Waals surface area contributed by atoms with Gasteiger partial charge in [-0.1, -0.05) is 0 Å². The first-order valence-corrected chi connectivity index (χ1v) is 5.92. The Labute approximate surface area is 100 Å². The van der Waals surface area contributed by atoms with Crippen LogP contribution in [0.15, 0.2) is 17.1 Å². The Bertz CT molecular complexity index is 469. The molecule has 0 amide bonds. The number of thioether (sulfide) groups is 1. The van der Waals surface area contributed by atoms with Gasteiger partial charge < -0.3 is 15.9 Å². The summed E-state index contributed by atoms with van der Waals surface area (Å²) in [6, 6.07) is 1.38. The lowest BCUT2D eigenvalue weighted by Gasteiger charge is -2.15. The molecule has 1 aromatic rings. The lowest BCUT2D eigenvalue weighted by atomic mass is 10.1. The van der Waals surface area contributed by atoms with Gasteiger partial charge in [0.15, 0.2) is 6.17 Å². The van der Waals surface area contributed by atoms with Crippen LogP contribution in [0.5, 0.6) is 0 Å². The summed E-state index contributed by atoms with van der Waals surface area (Å²) in [5.74, 6) is 0.0592. The van der Waals surface area contributed by atoms with Crippen molar-refractivity contribution in [1.29, 1.82) is 0 Å². The third-order valence-corrected chi connectivity index (χ3v) is 4.14. The minimum absolute atomic E-state index is 0.0592. The molecule has 0 bridgehead atoms. The molecule has 0 unspecified atom stereocenters. The summed E-state index contributed by atoms with van der Waals surface area (Å²) < 4.78 is 14.9. The van der Waals surface area contributed by atoms with Crippen LogP contribution in [0, 0.1) is 0 Å². The number of rotatable bonds is 2. The number of aliphatic hydroxyl groups is 2. The lowest BCUT2D eigenvalue weighted by molar-refractivity contribution is 0.0631. The number of nitrogens with zero attached hydrogens (tertiary/aromatic N) is 2. The number of aliphatic hydroxyl groups excluding tert-OH is 2. The number of nitrogen functional groups attached to an aromatic ring is 1. The predicted octanol–water partition coefficient (Wildman–Crippen LogP) is -0.869. The summed E-state index contributed by atoms with van der Waals surface area (Å²) in [6.07, 6.45) is -1.58. The molecule has 6 nitrogen and oxygen atoms in total. The molecular weight excluding hydrogens is 249 g/mol. The topological polar surface area (TPSA) is 101 Å².